The highest BCUT2D eigenvalue weighted by molar-refractivity contribution is 6.12. The molecule has 0 aromatic heterocycles. The van der Waals surface area contributed by atoms with Gasteiger partial charge >= 0.3 is 0 Å². The number of amides is 4. The van der Waals surface area contributed by atoms with Crippen molar-refractivity contribution in [2.45, 2.75) is 47.1 Å². The SMILES string of the molecule is CC.CC.CN1C(=O)C=CC1=O.CN1C(=O)CC(Nc2ccccc2)C1=O.Cc1ccccc1. The molecule has 34 heavy (non-hydrogen) atoms. The average molecular weight is 468 g/mol. The Kier molecular flexibility index (Phi) is 15.0. The normalized spacial score (nSPS) is 15.7. The number of hydrogen-bond donors (Lipinski definition) is 1. The van der Waals surface area contributed by atoms with Crippen molar-refractivity contribution in [1.82, 2.24) is 9.80 Å². The fraction of sp³-hybridized carbons (Fsp3) is 0.333. The quantitative estimate of drug-likeness (QED) is 0.660. The largest absolute Gasteiger partial charge is 0.373 e. The number of para-hydroxylation sites is 1. The minimum atomic E-state index is -0.412. The zero-order valence-corrected chi connectivity index (χ0v) is 21.2. The second-order valence-electron chi connectivity index (χ2n) is 6.78. The summed E-state index contributed by atoms with van der Waals surface area (Å²) in [5, 5.41) is 3.04. The Morgan fingerprint density at radius 2 is 1.15 bits per heavy atom. The van der Waals surface area contributed by atoms with Gasteiger partial charge in [0.1, 0.15) is 6.04 Å². The molecule has 1 unspecified atom stereocenters. The first kappa shape index (κ1) is 30.3. The fourth-order valence-corrected chi connectivity index (χ4v) is 2.61. The summed E-state index contributed by atoms with van der Waals surface area (Å²) in [4.78, 5) is 45.8. The van der Waals surface area contributed by atoms with Crippen LogP contribution in [0.2, 0.25) is 0 Å². The first-order valence-corrected chi connectivity index (χ1v) is 11.4. The number of likely N-dealkylation sites (N-methyl/N-ethyl adjacent to an activating group) is 2. The van der Waals surface area contributed by atoms with E-state index in [0.717, 1.165) is 10.6 Å². The summed E-state index contributed by atoms with van der Waals surface area (Å²) in [7, 11) is 2.96. The molecular weight excluding hydrogens is 430 g/mol. The lowest BCUT2D eigenvalue weighted by Gasteiger charge is -2.11. The molecule has 0 radical (unpaired) electrons. The van der Waals surface area contributed by atoms with Crippen LogP contribution in [0.1, 0.15) is 39.7 Å². The van der Waals surface area contributed by atoms with E-state index in [0.29, 0.717) is 0 Å². The third-order valence-corrected chi connectivity index (χ3v) is 4.47. The number of carbonyl (C=O) groups is 4. The number of aryl methyl sites for hydroxylation is 1. The molecule has 4 amide bonds. The summed E-state index contributed by atoms with van der Waals surface area (Å²) in [5.74, 6) is -0.776. The van der Waals surface area contributed by atoms with Gasteiger partial charge in [-0.05, 0) is 19.1 Å². The van der Waals surface area contributed by atoms with Crippen LogP contribution in [0.5, 0.6) is 0 Å². The number of nitrogens with one attached hydrogen (secondary N) is 1. The Balaban J connectivity index is 0.000000486. The molecule has 1 fully saturated rings. The first-order chi connectivity index (χ1) is 16.3. The van der Waals surface area contributed by atoms with E-state index in [2.05, 4.69) is 24.4 Å². The lowest BCUT2D eigenvalue weighted by Crippen LogP contribution is -2.31. The number of rotatable bonds is 2. The zero-order chi connectivity index (χ0) is 26.1. The van der Waals surface area contributed by atoms with Crippen LogP contribution in [-0.4, -0.2) is 53.6 Å². The lowest BCUT2D eigenvalue weighted by atomic mass is 10.2. The third-order valence-electron chi connectivity index (χ3n) is 4.47. The number of imide groups is 2. The Bertz CT molecular complexity index is 909. The zero-order valence-electron chi connectivity index (χ0n) is 21.2. The molecular formula is C27H37N3O4. The molecule has 2 aliphatic heterocycles. The summed E-state index contributed by atoms with van der Waals surface area (Å²) >= 11 is 0. The topological polar surface area (TPSA) is 86.8 Å². The minimum Gasteiger partial charge on any atom is -0.373 e. The van der Waals surface area contributed by atoms with Gasteiger partial charge in [-0.2, -0.15) is 0 Å². The number of likely N-dealkylation sites (tertiary alicyclic amines) is 1. The molecule has 0 saturated carbocycles. The van der Waals surface area contributed by atoms with Crippen LogP contribution in [0.15, 0.2) is 72.8 Å². The monoisotopic (exact) mass is 467 g/mol. The van der Waals surface area contributed by atoms with E-state index in [1.807, 2.05) is 76.2 Å². The van der Waals surface area contributed by atoms with Gasteiger partial charge in [0.15, 0.2) is 0 Å². The molecule has 184 valence electrons. The number of benzene rings is 2. The van der Waals surface area contributed by atoms with Gasteiger partial charge in [0.05, 0.1) is 6.42 Å². The summed E-state index contributed by atoms with van der Waals surface area (Å²) in [6, 6.07) is 19.3. The van der Waals surface area contributed by atoms with Crippen molar-refractivity contribution in [3.63, 3.8) is 0 Å². The standard InChI is InChI=1S/C11H12N2O2.C7H8.C5H5NO2.2C2H6/c1-13-10(14)7-9(11(13)15)12-8-5-3-2-4-6-8;1-7-5-3-2-4-6-7;1-6-4(7)2-3-5(6)8;2*1-2/h2-6,9,12H,7H2,1H3;2-6H,1H3;2-3H,1H3;2*1-2H3. The molecule has 1 saturated heterocycles. The van der Waals surface area contributed by atoms with Gasteiger partial charge < -0.3 is 5.32 Å². The van der Waals surface area contributed by atoms with Crippen molar-refractivity contribution in [3.8, 4) is 0 Å². The van der Waals surface area contributed by atoms with E-state index in [1.54, 1.807) is 0 Å². The molecule has 2 aliphatic rings. The number of hydrogen-bond acceptors (Lipinski definition) is 5. The van der Waals surface area contributed by atoms with Crippen LogP contribution in [-0.2, 0) is 19.2 Å². The predicted molar refractivity (Wildman–Crippen MR) is 137 cm³/mol. The van der Waals surface area contributed by atoms with Gasteiger partial charge in [0, 0.05) is 31.9 Å². The van der Waals surface area contributed by atoms with E-state index in [4.69, 9.17) is 0 Å². The van der Waals surface area contributed by atoms with Gasteiger partial charge in [0.25, 0.3) is 17.7 Å². The molecule has 2 aromatic rings. The van der Waals surface area contributed by atoms with E-state index < -0.39 is 6.04 Å². The summed E-state index contributed by atoms with van der Waals surface area (Å²) in [6.45, 7) is 10.1. The van der Waals surface area contributed by atoms with Crippen LogP contribution in [0.25, 0.3) is 0 Å². The molecule has 1 atom stereocenters. The van der Waals surface area contributed by atoms with E-state index in [1.165, 1.54) is 36.7 Å². The maximum atomic E-state index is 11.6. The van der Waals surface area contributed by atoms with E-state index >= 15 is 0 Å². The van der Waals surface area contributed by atoms with Crippen LogP contribution < -0.4 is 5.32 Å². The second kappa shape index (κ2) is 16.8. The summed E-state index contributed by atoms with van der Waals surface area (Å²) < 4.78 is 0. The van der Waals surface area contributed by atoms with Crippen LogP contribution in [0.4, 0.5) is 5.69 Å². The molecule has 1 N–H and O–H groups in total. The van der Waals surface area contributed by atoms with E-state index in [-0.39, 0.29) is 30.0 Å². The lowest BCUT2D eigenvalue weighted by molar-refractivity contribution is -0.137. The maximum absolute atomic E-state index is 11.6. The summed E-state index contributed by atoms with van der Waals surface area (Å²) in [6.07, 6.45) is 2.74. The number of anilines is 1. The Morgan fingerprint density at radius 1 is 0.706 bits per heavy atom. The molecule has 0 spiro atoms. The predicted octanol–water partition coefficient (Wildman–Crippen LogP) is 4.44. The smallest absolute Gasteiger partial charge is 0.253 e. The van der Waals surface area contributed by atoms with Crippen molar-refractivity contribution in [2.24, 2.45) is 0 Å². The van der Waals surface area contributed by atoms with Crippen molar-refractivity contribution in [2.75, 3.05) is 19.4 Å². The van der Waals surface area contributed by atoms with Gasteiger partial charge in [-0.3, -0.25) is 29.0 Å². The van der Waals surface area contributed by atoms with Crippen molar-refractivity contribution < 1.29 is 19.2 Å². The van der Waals surface area contributed by atoms with Crippen molar-refractivity contribution >= 4 is 29.3 Å². The molecule has 7 nitrogen and oxygen atoms in total. The third kappa shape index (κ3) is 10.3. The molecule has 0 aliphatic carbocycles. The molecule has 7 heteroatoms. The maximum Gasteiger partial charge on any atom is 0.253 e. The molecule has 0 bridgehead atoms. The van der Waals surface area contributed by atoms with Gasteiger partial charge in [-0.15, -0.1) is 0 Å². The number of nitrogens with zero attached hydrogens (tertiary/aromatic N) is 2. The van der Waals surface area contributed by atoms with E-state index in [9.17, 15) is 19.2 Å². The van der Waals surface area contributed by atoms with Gasteiger partial charge in [-0.1, -0.05) is 81.8 Å². The second-order valence-corrected chi connectivity index (χ2v) is 6.78. The van der Waals surface area contributed by atoms with Gasteiger partial charge in [-0.25, -0.2) is 0 Å². The van der Waals surface area contributed by atoms with Crippen molar-refractivity contribution in [1.29, 1.82) is 0 Å². The Hall–Kier alpha value is -3.74. The van der Waals surface area contributed by atoms with Crippen LogP contribution >= 0.6 is 0 Å². The van der Waals surface area contributed by atoms with Crippen molar-refractivity contribution in [3.05, 3.63) is 78.4 Å². The average Bonchev–Trinajstić information content (AvgIpc) is 3.30. The number of carbonyl (C=O) groups excluding carboxylic acids is 4. The molecule has 2 aromatic carbocycles. The Labute approximate surface area is 203 Å². The first-order valence-electron chi connectivity index (χ1n) is 11.4. The van der Waals surface area contributed by atoms with Crippen LogP contribution in [0.3, 0.4) is 0 Å². The van der Waals surface area contributed by atoms with Gasteiger partial charge in [0.2, 0.25) is 5.91 Å². The fourth-order valence-electron chi connectivity index (χ4n) is 2.61. The minimum absolute atomic E-state index is 0.131. The Morgan fingerprint density at radius 3 is 1.44 bits per heavy atom. The van der Waals surface area contributed by atoms with Crippen LogP contribution in [0, 0.1) is 6.92 Å². The highest BCUT2D eigenvalue weighted by Crippen LogP contribution is 2.16. The molecule has 4 rings (SSSR count). The summed E-state index contributed by atoms with van der Waals surface area (Å²) in [5.41, 5.74) is 2.18. The highest BCUT2D eigenvalue weighted by Gasteiger charge is 2.35. The molecule has 2 heterocycles. The highest BCUT2D eigenvalue weighted by atomic mass is 16.2.